The average Bonchev–Trinajstić information content (AvgIpc) is 2.94. The van der Waals surface area contributed by atoms with E-state index < -0.39 is 0 Å². The first-order chi connectivity index (χ1) is 10.1. The van der Waals surface area contributed by atoms with Crippen LogP contribution in [0.15, 0.2) is 17.5 Å². The Morgan fingerprint density at radius 2 is 2.19 bits per heavy atom. The second-order valence-electron chi connectivity index (χ2n) is 5.39. The van der Waals surface area contributed by atoms with E-state index in [1.807, 2.05) is 16.3 Å². The molecule has 0 radical (unpaired) electrons. The Kier molecular flexibility index (Phi) is 5.76. The van der Waals surface area contributed by atoms with Crippen molar-refractivity contribution in [2.75, 3.05) is 26.7 Å². The van der Waals surface area contributed by atoms with Gasteiger partial charge in [0.2, 0.25) is 5.91 Å². The molecule has 0 atom stereocenters. The van der Waals surface area contributed by atoms with E-state index in [4.69, 9.17) is 5.11 Å². The van der Waals surface area contributed by atoms with E-state index in [-0.39, 0.29) is 31.0 Å². The fourth-order valence-corrected chi connectivity index (χ4v) is 3.12. The Hall–Kier alpha value is -1.40. The zero-order chi connectivity index (χ0) is 15.2. The van der Waals surface area contributed by atoms with Gasteiger partial charge >= 0.3 is 0 Å². The normalized spacial score (nSPS) is 14.6. The Bertz CT molecular complexity index is 471. The molecule has 1 aliphatic rings. The molecule has 1 fully saturated rings. The van der Waals surface area contributed by atoms with Crippen LogP contribution in [0.5, 0.6) is 0 Å². The van der Waals surface area contributed by atoms with Gasteiger partial charge in [0.25, 0.3) is 5.91 Å². The van der Waals surface area contributed by atoms with Gasteiger partial charge in [0.05, 0.1) is 11.4 Å². The van der Waals surface area contributed by atoms with Crippen molar-refractivity contribution in [3.05, 3.63) is 22.4 Å². The van der Waals surface area contributed by atoms with Crippen molar-refractivity contribution in [2.45, 2.75) is 31.7 Å². The first kappa shape index (κ1) is 16.0. The maximum Gasteiger partial charge on any atom is 0.264 e. The van der Waals surface area contributed by atoms with Crippen LogP contribution in [-0.2, 0) is 4.79 Å². The van der Waals surface area contributed by atoms with Crippen molar-refractivity contribution in [3.63, 3.8) is 0 Å². The lowest BCUT2D eigenvalue weighted by Crippen LogP contribution is -2.49. The van der Waals surface area contributed by atoms with Crippen molar-refractivity contribution in [3.8, 4) is 0 Å². The third kappa shape index (κ3) is 4.04. The van der Waals surface area contributed by atoms with Crippen molar-refractivity contribution in [2.24, 2.45) is 0 Å². The number of hydrogen-bond acceptors (Lipinski definition) is 4. The van der Waals surface area contributed by atoms with Gasteiger partial charge in [-0.3, -0.25) is 9.59 Å². The van der Waals surface area contributed by atoms with Crippen LogP contribution in [0.2, 0.25) is 0 Å². The topological polar surface area (TPSA) is 60.9 Å². The number of rotatable bonds is 7. The number of aliphatic hydroxyl groups excluding tert-OH is 1. The molecular formula is C15H22N2O3S. The molecule has 0 saturated heterocycles. The van der Waals surface area contributed by atoms with Gasteiger partial charge in [-0.1, -0.05) is 6.07 Å². The molecule has 5 nitrogen and oxygen atoms in total. The van der Waals surface area contributed by atoms with Gasteiger partial charge in [-0.05, 0) is 37.1 Å². The number of amides is 2. The Morgan fingerprint density at radius 3 is 2.71 bits per heavy atom. The summed E-state index contributed by atoms with van der Waals surface area (Å²) >= 11 is 1.38. The van der Waals surface area contributed by atoms with Crippen LogP contribution in [0.25, 0.3) is 0 Å². The van der Waals surface area contributed by atoms with E-state index in [0.29, 0.717) is 17.8 Å². The van der Waals surface area contributed by atoms with Gasteiger partial charge in [0, 0.05) is 26.2 Å². The molecule has 1 aromatic rings. The Balaban J connectivity index is 1.92. The van der Waals surface area contributed by atoms with Crippen molar-refractivity contribution >= 4 is 23.2 Å². The highest BCUT2D eigenvalue weighted by Gasteiger charge is 2.29. The van der Waals surface area contributed by atoms with Crippen LogP contribution in [0.1, 0.15) is 35.4 Å². The lowest BCUT2D eigenvalue weighted by atomic mass is 9.91. The molecule has 2 rings (SSSR count). The summed E-state index contributed by atoms with van der Waals surface area (Å²) in [5.74, 6) is -0.144. The third-order valence-electron chi connectivity index (χ3n) is 3.84. The third-order valence-corrected chi connectivity index (χ3v) is 4.70. The molecule has 0 bridgehead atoms. The molecule has 116 valence electrons. The highest BCUT2D eigenvalue weighted by molar-refractivity contribution is 7.12. The van der Waals surface area contributed by atoms with Gasteiger partial charge in [-0.2, -0.15) is 0 Å². The van der Waals surface area contributed by atoms with Crippen LogP contribution in [0.4, 0.5) is 0 Å². The standard InChI is InChI=1S/C15H22N2O3S/c1-16(15(20)13-7-3-10-21-13)11-14(19)17(8-4-9-18)12-5-2-6-12/h3,7,10,12,18H,2,4-6,8-9,11H2,1H3. The minimum atomic E-state index is -0.117. The monoisotopic (exact) mass is 310 g/mol. The molecule has 0 aromatic carbocycles. The number of hydrogen-bond donors (Lipinski definition) is 1. The van der Waals surface area contributed by atoms with E-state index in [2.05, 4.69) is 0 Å². The number of thiophene rings is 1. The summed E-state index contributed by atoms with van der Waals surface area (Å²) in [6.45, 7) is 0.750. The van der Waals surface area contributed by atoms with Crippen molar-refractivity contribution in [1.29, 1.82) is 0 Å². The second kappa shape index (κ2) is 7.56. The summed E-state index contributed by atoms with van der Waals surface area (Å²) in [7, 11) is 1.66. The highest BCUT2D eigenvalue weighted by atomic mass is 32.1. The summed E-state index contributed by atoms with van der Waals surface area (Å²) in [5, 5.41) is 10.8. The van der Waals surface area contributed by atoms with E-state index in [0.717, 1.165) is 19.3 Å². The molecule has 0 unspecified atom stereocenters. The predicted octanol–water partition coefficient (Wildman–Crippen LogP) is 1.58. The number of carbonyl (C=O) groups is 2. The summed E-state index contributed by atoms with van der Waals surface area (Å²) in [6.07, 6.45) is 3.79. The van der Waals surface area contributed by atoms with E-state index in [1.54, 1.807) is 13.1 Å². The molecule has 2 amide bonds. The molecule has 0 spiro atoms. The Morgan fingerprint density at radius 1 is 1.43 bits per heavy atom. The smallest absolute Gasteiger partial charge is 0.264 e. The van der Waals surface area contributed by atoms with Gasteiger partial charge in [-0.25, -0.2) is 0 Å². The van der Waals surface area contributed by atoms with E-state index in [1.165, 1.54) is 16.2 Å². The minimum absolute atomic E-state index is 0.0273. The maximum absolute atomic E-state index is 12.4. The van der Waals surface area contributed by atoms with Crippen LogP contribution in [0, 0.1) is 0 Å². The minimum Gasteiger partial charge on any atom is -0.396 e. The number of nitrogens with zero attached hydrogens (tertiary/aromatic N) is 2. The summed E-state index contributed by atoms with van der Waals surface area (Å²) in [5.41, 5.74) is 0. The molecule has 1 aromatic heterocycles. The maximum atomic E-state index is 12.4. The van der Waals surface area contributed by atoms with Gasteiger partial charge in [0.15, 0.2) is 0 Å². The molecule has 1 saturated carbocycles. The number of likely N-dealkylation sites (N-methyl/N-ethyl adjacent to an activating group) is 1. The largest absolute Gasteiger partial charge is 0.396 e. The van der Waals surface area contributed by atoms with E-state index >= 15 is 0 Å². The fraction of sp³-hybridized carbons (Fsp3) is 0.600. The fourth-order valence-electron chi connectivity index (χ4n) is 2.40. The first-order valence-electron chi connectivity index (χ1n) is 7.32. The molecule has 0 aliphatic heterocycles. The van der Waals surface area contributed by atoms with Crippen molar-refractivity contribution < 1.29 is 14.7 Å². The first-order valence-corrected chi connectivity index (χ1v) is 8.20. The van der Waals surface area contributed by atoms with Gasteiger partial charge in [0.1, 0.15) is 0 Å². The Labute approximate surface area is 129 Å². The average molecular weight is 310 g/mol. The number of carbonyl (C=O) groups excluding carboxylic acids is 2. The quantitative estimate of drug-likeness (QED) is 0.832. The summed E-state index contributed by atoms with van der Waals surface area (Å²) in [6, 6.07) is 3.88. The summed E-state index contributed by atoms with van der Waals surface area (Å²) in [4.78, 5) is 28.5. The highest BCUT2D eigenvalue weighted by Crippen LogP contribution is 2.25. The molecular weight excluding hydrogens is 288 g/mol. The molecule has 6 heteroatoms. The molecule has 1 heterocycles. The lowest BCUT2D eigenvalue weighted by Gasteiger charge is -2.38. The van der Waals surface area contributed by atoms with Crippen molar-refractivity contribution in [1.82, 2.24) is 9.80 Å². The van der Waals surface area contributed by atoms with Crippen LogP contribution in [0.3, 0.4) is 0 Å². The van der Waals surface area contributed by atoms with Gasteiger partial charge in [-0.15, -0.1) is 11.3 Å². The molecule has 1 aliphatic carbocycles. The lowest BCUT2D eigenvalue weighted by molar-refractivity contribution is -0.135. The SMILES string of the molecule is CN(CC(=O)N(CCCO)C1CCC1)C(=O)c1cccs1. The second-order valence-corrected chi connectivity index (χ2v) is 6.34. The zero-order valence-corrected chi connectivity index (χ0v) is 13.1. The summed E-state index contributed by atoms with van der Waals surface area (Å²) < 4.78 is 0. The van der Waals surface area contributed by atoms with Gasteiger partial charge < -0.3 is 14.9 Å². The zero-order valence-electron chi connectivity index (χ0n) is 12.3. The van der Waals surface area contributed by atoms with Crippen LogP contribution >= 0.6 is 11.3 Å². The van der Waals surface area contributed by atoms with Crippen LogP contribution < -0.4 is 0 Å². The molecule has 21 heavy (non-hydrogen) atoms. The number of aliphatic hydroxyl groups is 1. The van der Waals surface area contributed by atoms with E-state index in [9.17, 15) is 9.59 Å². The predicted molar refractivity (Wildman–Crippen MR) is 82.3 cm³/mol. The van der Waals surface area contributed by atoms with Crippen LogP contribution in [-0.4, -0.2) is 59.5 Å². The molecule has 1 N–H and O–H groups in total.